The highest BCUT2D eigenvalue weighted by molar-refractivity contribution is 8.00. The summed E-state index contributed by atoms with van der Waals surface area (Å²) in [6.07, 6.45) is 1.82. The normalized spacial score (nSPS) is 10.2. The Kier molecular flexibility index (Phi) is 8.68. The van der Waals surface area contributed by atoms with E-state index in [0.717, 1.165) is 17.7 Å². The summed E-state index contributed by atoms with van der Waals surface area (Å²) in [5, 5.41) is 2.81. The number of hydrogen-bond acceptors (Lipinski definition) is 6. The molecule has 0 aliphatic rings. The fourth-order valence-electron chi connectivity index (χ4n) is 2.33. The third-order valence-corrected chi connectivity index (χ3v) is 4.85. The summed E-state index contributed by atoms with van der Waals surface area (Å²) in [5.74, 6) is 1.02. The van der Waals surface area contributed by atoms with E-state index in [1.807, 2.05) is 19.1 Å². The molecule has 0 heterocycles. The van der Waals surface area contributed by atoms with Gasteiger partial charge in [-0.3, -0.25) is 4.79 Å². The van der Waals surface area contributed by atoms with Crippen molar-refractivity contribution in [1.29, 1.82) is 0 Å². The van der Waals surface area contributed by atoms with E-state index in [4.69, 9.17) is 14.2 Å². The molecular weight excluding hydrogens is 378 g/mol. The highest BCUT2D eigenvalue weighted by Crippen LogP contribution is 2.31. The van der Waals surface area contributed by atoms with E-state index in [1.165, 1.54) is 11.8 Å². The van der Waals surface area contributed by atoms with Crippen molar-refractivity contribution in [2.24, 2.45) is 0 Å². The van der Waals surface area contributed by atoms with Gasteiger partial charge in [0.15, 0.2) is 11.5 Å². The molecule has 0 aliphatic carbocycles. The largest absolute Gasteiger partial charge is 0.493 e. The number of amides is 1. The Hall–Kier alpha value is -2.67. The van der Waals surface area contributed by atoms with Crippen LogP contribution in [0.4, 0.5) is 5.69 Å². The maximum Gasteiger partial charge on any atom is 0.338 e. The first-order valence-electron chi connectivity index (χ1n) is 8.99. The monoisotopic (exact) mass is 403 g/mol. The number of methoxy groups -OCH3 is 2. The van der Waals surface area contributed by atoms with Gasteiger partial charge in [-0.05, 0) is 48.9 Å². The van der Waals surface area contributed by atoms with Crippen LogP contribution >= 0.6 is 11.8 Å². The summed E-state index contributed by atoms with van der Waals surface area (Å²) in [6, 6.07) is 12.2. The Morgan fingerprint density at radius 2 is 1.71 bits per heavy atom. The topological polar surface area (TPSA) is 73.9 Å². The SMILES string of the molecule is CCCCOC(=O)c1ccc(NC(=O)CSc2ccc(OC)c(OC)c2)cc1. The number of carbonyl (C=O) groups is 2. The molecule has 0 unspecified atom stereocenters. The maximum absolute atomic E-state index is 12.2. The molecule has 0 saturated heterocycles. The molecule has 6 nitrogen and oxygen atoms in total. The van der Waals surface area contributed by atoms with Crippen molar-refractivity contribution in [3.05, 3.63) is 48.0 Å². The molecule has 1 N–H and O–H groups in total. The predicted molar refractivity (Wildman–Crippen MR) is 111 cm³/mol. The quantitative estimate of drug-likeness (QED) is 0.360. The smallest absolute Gasteiger partial charge is 0.338 e. The first-order chi connectivity index (χ1) is 13.6. The first-order valence-corrected chi connectivity index (χ1v) is 9.97. The van der Waals surface area contributed by atoms with Gasteiger partial charge in [-0.25, -0.2) is 4.79 Å². The molecule has 0 aromatic heterocycles. The van der Waals surface area contributed by atoms with Gasteiger partial charge in [-0.2, -0.15) is 0 Å². The minimum atomic E-state index is -0.352. The Balaban J connectivity index is 1.85. The van der Waals surface area contributed by atoms with Crippen LogP contribution in [-0.2, 0) is 9.53 Å². The number of carbonyl (C=O) groups excluding carboxylic acids is 2. The second-order valence-electron chi connectivity index (χ2n) is 5.92. The molecule has 2 rings (SSSR count). The van der Waals surface area contributed by atoms with E-state index >= 15 is 0 Å². The number of esters is 1. The molecule has 0 saturated carbocycles. The molecule has 0 aliphatic heterocycles. The van der Waals surface area contributed by atoms with Crippen LogP contribution in [0, 0.1) is 0 Å². The van der Waals surface area contributed by atoms with Gasteiger partial charge in [-0.15, -0.1) is 11.8 Å². The zero-order chi connectivity index (χ0) is 20.4. The number of anilines is 1. The molecule has 2 aromatic rings. The number of hydrogen-bond donors (Lipinski definition) is 1. The van der Waals surface area contributed by atoms with Crippen molar-refractivity contribution in [2.45, 2.75) is 24.7 Å². The molecule has 28 heavy (non-hydrogen) atoms. The molecule has 0 bridgehead atoms. The number of thioether (sulfide) groups is 1. The first kappa shape index (κ1) is 21.6. The van der Waals surface area contributed by atoms with Gasteiger partial charge in [0.25, 0.3) is 0 Å². The average Bonchev–Trinajstić information content (AvgIpc) is 2.72. The third kappa shape index (κ3) is 6.49. The molecule has 0 fully saturated rings. The summed E-state index contributed by atoms with van der Waals surface area (Å²) in [7, 11) is 3.15. The zero-order valence-corrected chi connectivity index (χ0v) is 17.1. The lowest BCUT2D eigenvalue weighted by molar-refractivity contribution is -0.113. The van der Waals surface area contributed by atoms with E-state index in [-0.39, 0.29) is 17.6 Å². The Bertz CT molecular complexity index is 792. The molecule has 0 spiro atoms. The summed E-state index contributed by atoms with van der Waals surface area (Å²) < 4.78 is 15.6. The van der Waals surface area contributed by atoms with Crippen LogP contribution in [0.3, 0.4) is 0 Å². The molecule has 1 amide bonds. The standard InChI is InChI=1S/C21H25NO5S/c1-4-5-12-27-21(24)15-6-8-16(9-7-15)22-20(23)14-28-17-10-11-18(25-2)19(13-17)26-3/h6-11,13H,4-5,12,14H2,1-3H3,(H,22,23). The summed E-state index contributed by atoms with van der Waals surface area (Å²) in [4.78, 5) is 25.0. The van der Waals surface area contributed by atoms with Gasteiger partial charge in [0.1, 0.15) is 0 Å². The third-order valence-electron chi connectivity index (χ3n) is 3.86. The van der Waals surface area contributed by atoms with Gasteiger partial charge < -0.3 is 19.5 Å². The number of unbranched alkanes of at least 4 members (excludes halogenated alkanes) is 1. The van der Waals surface area contributed by atoms with Crippen LogP contribution < -0.4 is 14.8 Å². The second kappa shape index (κ2) is 11.2. The van der Waals surface area contributed by atoms with Crippen LogP contribution in [0.15, 0.2) is 47.4 Å². The molecular formula is C21H25NO5S. The Morgan fingerprint density at radius 1 is 1.00 bits per heavy atom. The minimum Gasteiger partial charge on any atom is -0.493 e. The predicted octanol–water partition coefficient (Wildman–Crippen LogP) is 4.39. The maximum atomic E-state index is 12.2. The van der Waals surface area contributed by atoms with Crippen molar-refractivity contribution in [3.63, 3.8) is 0 Å². The molecule has 0 radical (unpaired) electrons. The van der Waals surface area contributed by atoms with E-state index in [9.17, 15) is 9.59 Å². The summed E-state index contributed by atoms with van der Waals surface area (Å²) in [5.41, 5.74) is 1.09. The van der Waals surface area contributed by atoms with Gasteiger partial charge >= 0.3 is 5.97 Å². The number of ether oxygens (including phenoxy) is 3. The molecule has 150 valence electrons. The van der Waals surface area contributed by atoms with E-state index in [2.05, 4.69) is 5.32 Å². The van der Waals surface area contributed by atoms with Gasteiger partial charge in [0, 0.05) is 10.6 Å². The lowest BCUT2D eigenvalue weighted by Crippen LogP contribution is -2.14. The van der Waals surface area contributed by atoms with Crippen LogP contribution in [0.2, 0.25) is 0 Å². The number of benzene rings is 2. The van der Waals surface area contributed by atoms with Crippen LogP contribution in [0.1, 0.15) is 30.1 Å². The van der Waals surface area contributed by atoms with Crippen LogP contribution in [-0.4, -0.2) is 38.5 Å². The molecule has 7 heteroatoms. The van der Waals surface area contributed by atoms with Crippen molar-refractivity contribution < 1.29 is 23.8 Å². The average molecular weight is 404 g/mol. The summed E-state index contributed by atoms with van der Waals surface area (Å²) >= 11 is 1.39. The lowest BCUT2D eigenvalue weighted by Gasteiger charge is -2.10. The fourth-order valence-corrected chi connectivity index (χ4v) is 3.06. The Morgan fingerprint density at radius 3 is 2.36 bits per heavy atom. The number of rotatable bonds is 10. The highest BCUT2D eigenvalue weighted by atomic mass is 32.2. The fraction of sp³-hybridized carbons (Fsp3) is 0.333. The highest BCUT2D eigenvalue weighted by Gasteiger charge is 2.10. The van der Waals surface area contributed by atoms with Gasteiger partial charge in [-0.1, -0.05) is 13.3 Å². The summed E-state index contributed by atoms with van der Waals surface area (Å²) in [6.45, 7) is 2.45. The Labute approximate surface area is 169 Å². The van der Waals surface area contributed by atoms with Gasteiger partial charge in [0.05, 0.1) is 32.1 Å². The van der Waals surface area contributed by atoms with Gasteiger partial charge in [0.2, 0.25) is 5.91 Å². The number of nitrogens with one attached hydrogen (secondary N) is 1. The molecule has 0 atom stereocenters. The van der Waals surface area contributed by atoms with Crippen molar-refractivity contribution in [1.82, 2.24) is 0 Å². The molecule has 2 aromatic carbocycles. The van der Waals surface area contributed by atoms with Crippen molar-refractivity contribution in [3.8, 4) is 11.5 Å². The second-order valence-corrected chi connectivity index (χ2v) is 6.97. The lowest BCUT2D eigenvalue weighted by atomic mass is 10.2. The van der Waals surface area contributed by atoms with E-state index in [1.54, 1.807) is 44.6 Å². The van der Waals surface area contributed by atoms with Crippen LogP contribution in [0.5, 0.6) is 11.5 Å². The van der Waals surface area contributed by atoms with E-state index < -0.39 is 0 Å². The van der Waals surface area contributed by atoms with Crippen molar-refractivity contribution >= 4 is 29.3 Å². The zero-order valence-electron chi connectivity index (χ0n) is 16.3. The van der Waals surface area contributed by atoms with E-state index in [0.29, 0.717) is 29.4 Å². The van der Waals surface area contributed by atoms with Crippen molar-refractivity contribution in [2.75, 3.05) is 31.9 Å². The minimum absolute atomic E-state index is 0.141. The van der Waals surface area contributed by atoms with Crippen LogP contribution in [0.25, 0.3) is 0 Å².